The first-order chi connectivity index (χ1) is 21.4. The smallest absolute Gasteiger partial charge is 0.289 e. The lowest BCUT2D eigenvalue weighted by atomic mass is 10.2. The summed E-state index contributed by atoms with van der Waals surface area (Å²) in [4.78, 5) is 20.9. The van der Waals surface area contributed by atoms with E-state index in [-0.39, 0.29) is 32.4 Å². The van der Waals surface area contributed by atoms with Crippen LogP contribution in [0.25, 0.3) is 0 Å². The zero-order chi connectivity index (χ0) is 33.2. The maximum Gasteiger partial charge on any atom is 0.289 e. The van der Waals surface area contributed by atoms with Gasteiger partial charge in [0.25, 0.3) is 11.4 Å². The van der Waals surface area contributed by atoms with Gasteiger partial charge in [-0.15, -0.1) is 6.58 Å². The second-order valence-electron chi connectivity index (χ2n) is 10.00. The highest BCUT2D eigenvalue weighted by Crippen LogP contribution is 2.35. The standard InChI is InChI=1S/C29H38N4O10S2/c1-4-7-20-30(44(38,39)27-15-10-8-13-25(27)32(34)35)23-18-19-24(22-23)31(21-12-17-29(42-5-2)43-6-3)45(40,41)28-16-11-9-14-26(28)33(36)37/h4,8-11,13-16,18-19,23-24,29H,1,5-7,12,17,20-22H2,2-3H3/t23-,24+/m1/s1. The number of ether oxygens (including phenoxy) is 2. The number of para-hydroxylation sites is 2. The van der Waals surface area contributed by atoms with Gasteiger partial charge in [0.1, 0.15) is 0 Å². The third-order valence-corrected chi connectivity index (χ3v) is 11.1. The van der Waals surface area contributed by atoms with Gasteiger partial charge < -0.3 is 9.47 Å². The van der Waals surface area contributed by atoms with Crippen molar-refractivity contribution < 1.29 is 36.2 Å². The minimum atomic E-state index is -4.47. The Hall–Kier alpha value is -3.54. The molecule has 14 nitrogen and oxygen atoms in total. The van der Waals surface area contributed by atoms with Crippen molar-refractivity contribution in [1.29, 1.82) is 0 Å². The van der Waals surface area contributed by atoms with Crippen molar-refractivity contribution in [2.45, 2.75) is 67.7 Å². The van der Waals surface area contributed by atoms with E-state index in [1.807, 2.05) is 0 Å². The van der Waals surface area contributed by atoms with Gasteiger partial charge in [-0.2, -0.15) is 8.61 Å². The van der Waals surface area contributed by atoms with Crippen molar-refractivity contribution in [3.63, 3.8) is 0 Å². The normalized spacial score (nSPS) is 16.9. The molecule has 246 valence electrons. The van der Waals surface area contributed by atoms with Crippen LogP contribution in [0.4, 0.5) is 11.4 Å². The Kier molecular flexibility index (Phi) is 12.9. The Labute approximate surface area is 263 Å². The van der Waals surface area contributed by atoms with E-state index in [0.29, 0.717) is 19.6 Å². The predicted octanol–water partition coefficient (Wildman–Crippen LogP) is 4.64. The van der Waals surface area contributed by atoms with Crippen LogP contribution in [0.1, 0.15) is 39.5 Å². The molecular formula is C29H38N4O10S2. The molecule has 2 atom stereocenters. The number of hydrogen-bond acceptors (Lipinski definition) is 10. The summed E-state index contributed by atoms with van der Waals surface area (Å²) in [5.41, 5.74) is -1.17. The van der Waals surface area contributed by atoms with E-state index in [1.165, 1.54) is 30.3 Å². The predicted molar refractivity (Wildman–Crippen MR) is 166 cm³/mol. The van der Waals surface area contributed by atoms with Gasteiger partial charge in [-0.1, -0.05) is 42.5 Å². The van der Waals surface area contributed by atoms with Crippen LogP contribution in [0.3, 0.4) is 0 Å². The molecule has 3 rings (SSSR count). The number of sulfonamides is 2. The van der Waals surface area contributed by atoms with E-state index in [0.717, 1.165) is 32.9 Å². The van der Waals surface area contributed by atoms with E-state index in [1.54, 1.807) is 26.0 Å². The number of benzene rings is 2. The number of hydrogen-bond donors (Lipinski definition) is 0. The zero-order valence-corrected chi connectivity index (χ0v) is 26.8. The van der Waals surface area contributed by atoms with E-state index in [2.05, 4.69) is 6.58 Å². The van der Waals surface area contributed by atoms with E-state index in [4.69, 9.17) is 9.47 Å². The molecule has 2 aromatic rings. The van der Waals surface area contributed by atoms with Crippen LogP contribution in [0, 0.1) is 20.2 Å². The summed E-state index contributed by atoms with van der Waals surface area (Å²) < 4.78 is 69.2. The molecular weight excluding hydrogens is 628 g/mol. The number of nitrogens with zero attached hydrogens (tertiary/aromatic N) is 4. The number of rotatable bonds is 19. The first-order valence-corrected chi connectivity index (χ1v) is 17.3. The second-order valence-corrected chi connectivity index (χ2v) is 13.7. The number of nitro groups is 2. The van der Waals surface area contributed by atoms with Crippen LogP contribution in [-0.2, 0) is 29.5 Å². The summed E-state index contributed by atoms with van der Waals surface area (Å²) in [7, 11) is -8.89. The topological polar surface area (TPSA) is 179 Å². The third kappa shape index (κ3) is 8.59. The van der Waals surface area contributed by atoms with Crippen LogP contribution >= 0.6 is 0 Å². The van der Waals surface area contributed by atoms with Gasteiger partial charge in [0.2, 0.25) is 20.0 Å². The molecule has 0 saturated carbocycles. The summed E-state index contributed by atoms with van der Waals surface area (Å²) >= 11 is 0. The summed E-state index contributed by atoms with van der Waals surface area (Å²) in [6.45, 7) is 7.88. The fourth-order valence-corrected chi connectivity index (χ4v) is 8.70. The molecule has 0 spiro atoms. The Balaban J connectivity index is 2.00. The molecule has 0 bridgehead atoms. The van der Waals surface area contributed by atoms with Crippen LogP contribution in [0.5, 0.6) is 0 Å². The molecule has 0 aliphatic heterocycles. The molecule has 1 aliphatic carbocycles. The molecule has 45 heavy (non-hydrogen) atoms. The lowest BCUT2D eigenvalue weighted by Gasteiger charge is -2.31. The average Bonchev–Trinajstić information content (AvgIpc) is 3.48. The Bertz CT molecular complexity index is 1590. The lowest BCUT2D eigenvalue weighted by Crippen LogP contribution is -2.44. The molecule has 0 fully saturated rings. The van der Waals surface area contributed by atoms with Gasteiger partial charge in [-0.3, -0.25) is 20.2 Å². The number of nitro benzene ring substituents is 2. The maximum atomic E-state index is 14.1. The fraction of sp³-hybridized carbons (Fsp3) is 0.448. The molecule has 0 unspecified atom stereocenters. The van der Waals surface area contributed by atoms with Crippen molar-refractivity contribution in [1.82, 2.24) is 8.61 Å². The largest absolute Gasteiger partial charge is 0.353 e. The quantitative estimate of drug-likeness (QED) is 0.0887. The Morgan fingerprint density at radius 3 is 1.71 bits per heavy atom. The Morgan fingerprint density at radius 1 is 0.844 bits per heavy atom. The minimum Gasteiger partial charge on any atom is -0.353 e. The molecule has 2 aromatic carbocycles. The summed E-state index contributed by atoms with van der Waals surface area (Å²) in [5.74, 6) is 0. The molecule has 0 aromatic heterocycles. The highest BCUT2D eigenvalue weighted by atomic mass is 32.2. The first kappa shape index (κ1) is 35.9. The van der Waals surface area contributed by atoms with Crippen LogP contribution in [-0.4, -0.2) is 80.0 Å². The molecule has 0 amide bonds. The van der Waals surface area contributed by atoms with Gasteiger partial charge in [0.15, 0.2) is 16.1 Å². The van der Waals surface area contributed by atoms with E-state index < -0.39 is 69.4 Å². The lowest BCUT2D eigenvalue weighted by molar-refractivity contribution is -0.388. The monoisotopic (exact) mass is 666 g/mol. The highest BCUT2D eigenvalue weighted by molar-refractivity contribution is 7.89. The SMILES string of the molecule is C=CCCN([C@@H]1C=C[C@H](N(CCCC(OCC)OCC)S(=O)(=O)c2ccccc2[N+](=O)[O-])C1)S(=O)(=O)c1ccccc1[N+](=O)[O-]. The minimum absolute atomic E-state index is 0.0305. The molecule has 0 saturated heterocycles. The molecule has 1 aliphatic rings. The maximum absolute atomic E-state index is 14.1. The Morgan fingerprint density at radius 2 is 1.29 bits per heavy atom. The highest BCUT2D eigenvalue weighted by Gasteiger charge is 2.41. The van der Waals surface area contributed by atoms with Crippen LogP contribution in [0.2, 0.25) is 0 Å². The van der Waals surface area contributed by atoms with Gasteiger partial charge in [-0.05, 0) is 51.7 Å². The van der Waals surface area contributed by atoms with Crippen molar-refractivity contribution in [3.05, 3.63) is 93.6 Å². The molecule has 0 N–H and O–H groups in total. The molecule has 0 heterocycles. The van der Waals surface area contributed by atoms with Crippen molar-refractivity contribution in [2.75, 3.05) is 26.3 Å². The van der Waals surface area contributed by atoms with Crippen LogP contribution in [0.15, 0.2) is 83.1 Å². The van der Waals surface area contributed by atoms with Crippen molar-refractivity contribution in [3.8, 4) is 0 Å². The van der Waals surface area contributed by atoms with Gasteiger partial charge in [-0.25, -0.2) is 16.8 Å². The summed E-state index contributed by atoms with van der Waals surface area (Å²) in [5, 5.41) is 23.4. The fourth-order valence-electron chi connectivity index (χ4n) is 5.14. The van der Waals surface area contributed by atoms with E-state index in [9.17, 15) is 37.1 Å². The average molecular weight is 667 g/mol. The molecule has 16 heteroatoms. The third-order valence-electron chi connectivity index (χ3n) is 7.15. The van der Waals surface area contributed by atoms with Crippen molar-refractivity contribution in [2.24, 2.45) is 0 Å². The second kappa shape index (κ2) is 16.1. The summed E-state index contributed by atoms with van der Waals surface area (Å²) in [6, 6.07) is 8.28. The van der Waals surface area contributed by atoms with Gasteiger partial charge in [0, 0.05) is 50.5 Å². The van der Waals surface area contributed by atoms with E-state index >= 15 is 0 Å². The summed E-state index contributed by atoms with van der Waals surface area (Å²) in [6.07, 6.45) is 4.83. The van der Waals surface area contributed by atoms with Crippen molar-refractivity contribution >= 4 is 31.4 Å². The first-order valence-electron chi connectivity index (χ1n) is 14.4. The van der Waals surface area contributed by atoms with Gasteiger partial charge >= 0.3 is 0 Å². The molecule has 0 radical (unpaired) electrons. The zero-order valence-electron chi connectivity index (χ0n) is 25.1. The van der Waals surface area contributed by atoms with Gasteiger partial charge in [0.05, 0.1) is 9.85 Å². The van der Waals surface area contributed by atoms with Crippen LogP contribution < -0.4 is 0 Å².